The molecule has 1 aliphatic rings. The molecule has 1 atom stereocenters. The first-order valence-electron chi connectivity index (χ1n) is 6.18. The Morgan fingerprint density at radius 2 is 1.53 bits per heavy atom. The molecule has 0 spiro atoms. The molecule has 1 saturated carbocycles. The Bertz CT molecular complexity index is 203. The SMILES string of the molecule is CC(=O)OC(C)C1CCC(C(C)C)CC1. The number of hydrogen-bond acceptors (Lipinski definition) is 2. The van der Waals surface area contributed by atoms with Crippen molar-refractivity contribution in [1.82, 2.24) is 0 Å². The molecule has 0 amide bonds. The lowest BCUT2D eigenvalue weighted by atomic mass is 9.75. The number of rotatable bonds is 3. The molecule has 0 radical (unpaired) electrons. The van der Waals surface area contributed by atoms with Crippen molar-refractivity contribution in [2.45, 2.75) is 59.5 Å². The maximum atomic E-state index is 10.8. The fourth-order valence-electron chi connectivity index (χ4n) is 2.64. The van der Waals surface area contributed by atoms with E-state index in [2.05, 4.69) is 13.8 Å². The van der Waals surface area contributed by atoms with Gasteiger partial charge in [0.15, 0.2) is 0 Å². The normalized spacial score (nSPS) is 28.9. The minimum Gasteiger partial charge on any atom is -0.463 e. The summed E-state index contributed by atoms with van der Waals surface area (Å²) < 4.78 is 5.25. The molecule has 15 heavy (non-hydrogen) atoms. The third kappa shape index (κ3) is 3.84. The summed E-state index contributed by atoms with van der Waals surface area (Å²) in [5.74, 6) is 2.12. The maximum absolute atomic E-state index is 10.8. The average Bonchev–Trinajstić information content (AvgIpc) is 2.17. The van der Waals surface area contributed by atoms with E-state index in [4.69, 9.17) is 4.74 Å². The Hall–Kier alpha value is -0.530. The number of hydrogen-bond donors (Lipinski definition) is 0. The summed E-state index contributed by atoms with van der Waals surface area (Å²) in [7, 11) is 0. The van der Waals surface area contributed by atoms with Crippen LogP contribution in [0.25, 0.3) is 0 Å². The predicted octanol–water partition coefficient (Wildman–Crippen LogP) is 3.40. The minimum absolute atomic E-state index is 0.107. The zero-order valence-corrected chi connectivity index (χ0v) is 10.5. The van der Waals surface area contributed by atoms with E-state index in [9.17, 15) is 4.79 Å². The summed E-state index contributed by atoms with van der Waals surface area (Å²) in [5.41, 5.74) is 0. The summed E-state index contributed by atoms with van der Waals surface area (Å²) in [6.07, 6.45) is 5.15. The van der Waals surface area contributed by atoms with Gasteiger partial charge in [0, 0.05) is 6.92 Å². The molecule has 0 heterocycles. The quantitative estimate of drug-likeness (QED) is 0.670. The van der Waals surface area contributed by atoms with Gasteiger partial charge in [0.05, 0.1) is 0 Å². The number of ether oxygens (including phenoxy) is 1. The largest absolute Gasteiger partial charge is 0.463 e. The van der Waals surface area contributed by atoms with Crippen molar-refractivity contribution >= 4 is 5.97 Å². The Balaban J connectivity index is 2.33. The monoisotopic (exact) mass is 212 g/mol. The van der Waals surface area contributed by atoms with Crippen LogP contribution >= 0.6 is 0 Å². The summed E-state index contributed by atoms with van der Waals surface area (Å²) in [6.45, 7) is 8.14. The molecular weight excluding hydrogens is 188 g/mol. The van der Waals surface area contributed by atoms with E-state index in [1.807, 2.05) is 6.92 Å². The van der Waals surface area contributed by atoms with Gasteiger partial charge >= 0.3 is 5.97 Å². The second-order valence-corrected chi connectivity index (χ2v) is 5.23. The Morgan fingerprint density at radius 1 is 1.07 bits per heavy atom. The van der Waals surface area contributed by atoms with Gasteiger partial charge in [-0.25, -0.2) is 0 Å². The van der Waals surface area contributed by atoms with E-state index >= 15 is 0 Å². The molecule has 0 aromatic heterocycles. The highest BCUT2D eigenvalue weighted by Gasteiger charge is 2.27. The minimum atomic E-state index is -0.145. The zero-order chi connectivity index (χ0) is 11.4. The highest BCUT2D eigenvalue weighted by molar-refractivity contribution is 5.66. The van der Waals surface area contributed by atoms with Crippen molar-refractivity contribution in [3.05, 3.63) is 0 Å². The second-order valence-electron chi connectivity index (χ2n) is 5.23. The van der Waals surface area contributed by atoms with E-state index in [1.165, 1.54) is 32.6 Å². The van der Waals surface area contributed by atoms with Crippen molar-refractivity contribution in [1.29, 1.82) is 0 Å². The van der Waals surface area contributed by atoms with Crippen LogP contribution in [0.5, 0.6) is 0 Å². The third-order valence-corrected chi connectivity index (χ3v) is 3.78. The van der Waals surface area contributed by atoms with Crippen molar-refractivity contribution in [3.63, 3.8) is 0 Å². The molecular formula is C13H24O2. The van der Waals surface area contributed by atoms with Gasteiger partial charge in [0.25, 0.3) is 0 Å². The standard InChI is InChI=1S/C13H24O2/c1-9(2)12-5-7-13(8-6-12)10(3)15-11(4)14/h9-10,12-13H,5-8H2,1-4H3. The van der Waals surface area contributed by atoms with Crippen LogP contribution in [0.3, 0.4) is 0 Å². The fourth-order valence-corrected chi connectivity index (χ4v) is 2.64. The van der Waals surface area contributed by atoms with Gasteiger partial charge < -0.3 is 4.74 Å². The summed E-state index contributed by atoms with van der Waals surface area (Å²) in [5, 5.41) is 0. The number of esters is 1. The molecule has 1 aliphatic carbocycles. The lowest BCUT2D eigenvalue weighted by Gasteiger charge is -2.33. The van der Waals surface area contributed by atoms with Gasteiger partial charge in [-0.15, -0.1) is 0 Å². The van der Waals surface area contributed by atoms with Gasteiger partial charge in [0.2, 0.25) is 0 Å². The molecule has 1 fully saturated rings. The Morgan fingerprint density at radius 3 is 1.93 bits per heavy atom. The molecule has 0 saturated heterocycles. The van der Waals surface area contributed by atoms with Crippen LogP contribution in [0.15, 0.2) is 0 Å². The Labute approximate surface area is 93.4 Å². The first kappa shape index (κ1) is 12.5. The molecule has 88 valence electrons. The van der Waals surface area contributed by atoms with Crippen molar-refractivity contribution < 1.29 is 9.53 Å². The highest BCUT2D eigenvalue weighted by Crippen LogP contribution is 2.35. The predicted molar refractivity (Wildman–Crippen MR) is 61.5 cm³/mol. The van der Waals surface area contributed by atoms with Gasteiger partial charge in [-0.2, -0.15) is 0 Å². The van der Waals surface area contributed by atoms with Gasteiger partial charge in [0.1, 0.15) is 6.10 Å². The van der Waals surface area contributed by atoms with Crippen LogP contribution in [0.1, 0.15) is 53.4 Å². The summed E-state index contributed by atoms with van der Waals surface area (Å²) in [4.78, 5) is 10.8. The summed E-state index contributed by atoms with van der Waals surface area (Å²) in [6, 6.07) is 0. The van der Waals surface area contributed by atoms with Crippen molar-refractivity contribution in [2.75, 3.05) is 0 Å². The highest BCUT2D eigenvalue weighted by atomic mass is 16.5. The molecule has 0 bridgehead atoms. The van der Waals surface area contributed by atoms with Gasteiger partial charge in [-0.1, -0.05) is 13.8 Å². The number of carbonyl (C=O) groups is 1. The van der Waals surface area contributed by atoms with Crippen molar-refractivity contribution in [2.24, 2.45) is 17.8 Å². The lowest BCUT2D eigenvalue weighted by Crippen LogP contribution is -2.28. The van der Waals surface area contributed by atoms with Crippen LogP contribution in [0.2, 0.25) is 0 Å². The fraction of sp³-hybridized carbons (Fsp3) is 0.923. The van der Waals surface area contributed by atoms with E-state index in [1.54, 1.807) is 0 Å². The van der Waals surface area contributed by atoms with Crippen LogP contribution in [-0.2, 0) is 9.53 Å². The van der Waals surface area contributed by atoms with E-state index in [0.717, 1.165) is 11.8 Å². The van der Waals surface area contributed by atoms with E-state index in [-0.39, 0.29) is 12.1 Å². The smallest absolute Gasteiger partial charge is 0.302 e. The molecule has 1 rings (SSSR count). The summed E-state index contributed by atoms with van der Waals surface area (Å²) >= 11 is 0. The van der Waals surface area contributed by atoms with Gasteiger partial charge in [-0.05, 0) is 50.4 Å². The molecule has 1 unspecified atom stereocenters. The molecule has 0 N–H and O–H groups in total. The van der Waals surface area contributed by atoms with Crippen LogP contribution in [-0.4, -0.2) is 12.1 Å². The second kappa shape index (κ2) is 5.53. The lowest BCUT2D eigenvalue weighted by molar-refractivity contribution is -0.148. The van der Waals surface area contributed by atoms with Gasteiger partial charge in [-0.3, -0.25) is 4.79 Å². The average molecular weight is 212 g/mol. The number of carbonyl (C=O) groups excluding carboxylic acids is 1. The van der Waals surface area contributed by atoms with Crippen molar-refractivity contribution in [3.8, 4) is 0 Å². The van der Waals surface area contributed by atoms with Crippen LogP contribution in [0, 0.1) is 17.8 Å². The third-order valence-electron chi connectivity index (χ3n) is 3.78. The molecule has 0 aromatic rings. The first-order chi connectivity index (χ1) is 7.00. The molecule has 0 aromatic carbocycles. The molecule has 2 nitrogen and oxygen atoms in total. The first-order valence-corrected chi connectivity index (χ1v) is 6.18. The molecule has 0 aliphatic heterocycles. The molecule has 2 heteroatoms. The topological polar surface area (TPSA) is 26.3 Å². The van der Waals surface area contributed by atoms with Crippen LogP contribution < -0.4 is 0 Å². The van der Waals surface area contributed by atoms with E-state index < -0.39 is 0 Å². The van der Waals surface area contributed by atoms with E-state index in [0.29, 0.717) is 5.92 Å². The Kier molecular flexibility index (Phi) is 4.62. The zero-order valence-electron chi connectivity index (χ0n) is 10.5. The maximum Gasteiger partial charge on any atom is 0.302 e. The van der Waals surface area contributed by atoms with Crippen LogP contribution in [0.4, 0.5) is 0 Å².